The van der Waals surface area contributed by atoms with Crippen LogP contribution in [-0.4, -0.2) is 10.9 Å². The van der Waals surface area contributed by atoms with Crippen molar-refractivity contribution in [2.24, 2.45) is 11.8 Å². The summed E-state index contributed by atoms with van der Waals surface area (Å²) in [7, 11) is 0. The average molecular weight is 262 g/mol. The highest BCUT2D eigenvalue weighted by Crippen LogP contribution is 2.22. The lowest BCUT2D eigenvalue weighted by Crippen LogP contribution is -2.45. The molecule has 0 radical (unpaired) electrons. The van der Waals surface area contributed by atoms with Crippen LogP contribution in [0.15, 0.2) is 24.4 Å². The van der Waals surface area contributed by atoms with Gasteiger partial charge in [-0.3, -0.25) is 9.78 Å². The molecule has 1 aromatic rings. The standard InChI is InChI=1S/C16H26N2O/c1-6-9-13(12(2)3)15(19)18-16(4,5)14-10-7-8-11-17-14/h7-8,10-13H,6,9H2,1-5H3,(H,18,19)/t13-/m1/s1. The summed E-state index contributed by atoms with van der Waals surface area (Å²) in [5, 5.41) is 3.14. The van der Waals surface area contributed by atoms with E-state index in [0.717, 1.165) is 18.5 Å². The lowest BCUT2D eigenvalue weighted by atomic mass is 9.89. The Morgan fingerprint density at radius 3 is 2.53 bits per heavy atom. The first kappa shape index (κ1) is 15.7. The van der Waals surface area contributed by atoms with Gasteiger partial charge in [-0.15, -0.1) is 0 Å². The van der Waals surface area contributed by atoms with E-state index in [-0.39, 0.29) is 11.8 Å². The Balaban J connectivity index is 2.79. The number of rotatable bonds is 6. The van der Waals surface area contributed by atoms with Gasteiger partial charge in [0.25, 0.3) is 0 Å². The molecule has 0 fully saturated rings. The molecular formula is C16H26N2O. The van der Waals surface area contributed by atoms with Gasteiger partial charge in [0.15, 0.2) is 0 Å². The van der Waals surface area contributed by atoms with Gasteiger partial charge in [0.1, 0.15) is 0 Å². The van der Waals surface area contributed by atoms with Crippen LogP contribution in [0.5, 0.6) is 0 Å². The van der Waals surface area contributed by atoms with Crippen LogP contribution in [0, 0.1) is 11.8 Å². The smallest absolute Gasteiger partial charge is 0.224 e. The summed E-state index contributed by atoms with van der Waals surface area (Å²) >= 11 is 0. The zero-order chi connectivity index (χ0) is 14.5. The molecule has 1 N–H and O–H groups in total. The first-order valence-electron chi connectivity index (χ1n) is 7.12. The Morgan fingerprint density at radius 1 is 1.37 bits per heavy atom. The molecule has 19 heavy (non-hydrogen) atoms. The van der Waals surface area contributed by atoms with Crippen LogP contribution >= 0.6 is 0 Å². The summed E-state index contributed by atoms with van der Waals surface area (Å²) in [4.78, 5) is 16.8. The fraction of sp³-hybridized carbons (Fsp3) is 0.625. The van der Waals surface area contributed by atoms with E-state index in [4.69, 9.17) is 0 Å². The molecule has 1 amide bonds. The second kappa shape index (κ2) is 6.69. The molecule has 0 saturated heterocycles. The van der Waals surface area contributed by atoms with Crippen molar-refractivity contribution in [1.29, 1.82) is 0 Å². The predicted molar refractivity (Wildman–Crippen MR) is 78.6 cm³/mol. The quantitative estimate of drug-likeness (QED) is 0.852. The van der Waals surface area contributed by atoms with Gasteiger partial charge < -0.3 is 5.32 Å². The number of carbonyl (C=O) groups is 1. The highest BCUT2D eigenvalue weighted by Gasteiger charge is 2.29. The van der Waals surface area contributed by atoms with Crippen molar-refractivity contribution < 1.29 is 4.79 Å². The van der Waals surface area contributed by atoms with Gasteiger partial charge in [-0.1, -0.05) is 33.3 Å². The van der Waals surface area contributed by atoms with Crippen molar-refractivity contribution in [3.8, 4) is 0 Å². The van der Waals surface area contributed by atoms with Gasteiger partial charge in [-0.2, -0.15) is 0 Å². The summed E-state index contributed by atoms with van der Waals surface area (Å²) in [6.45, 7) is 10.3. The first-order valence-corrected chi connectivity index (χ1v) is 7.12. The van der Waals surface area contributed by atoms with Gasteiger partial charge in [0.2, 0.25) is 5.91 Å². The second-order valence-corrected chi connectivity index (χ2v) is 5.97. The van der Waals surface area contributed by atoms with Gasteiger partial charge in [0, 0.05) is 12.1 Å². The third kappa shape index (κ3) is 4.34. The van der Waals surface area contributed by atoms with Gasteiger partial charge >= 0.3 is 0 Å². The molecule has 3 nitrogen and oxygen atoms in total. The Labute approximate surface area is 116 Å². The Kier molecular flexibility index (Phi) is 5.52. The molecule has 1 heterocycles. The highest BCUT2D eigenvalue weighted by molar-refractivity contribution is 5.79. The molecule has 0 aliphatic carbocycles. The second-order valence-electron chi connectivity index (χ2n) is 5.97. The molecule has 1 aromatic heterocycles. The van der Waals surface area contributed by atoms with Crippen molar-refractivity contribution in [2.75, 3.05) is 0 Å². The van der Waals surface area contributed by atoms with E-state index in [1.54, 1.807) is 6.20 Å². The average Bonchev–Trinajstić information content (AvgIpc) is 2.36. The van der Waals surface area contributed by atoms with E-state index >= 15 is 0 Å². The molecule has 106 valence electrons. The van der Waals surface area contributed by atoms with Crippen molar-refractivity contribution in [1.82, 2.24) is 10.3 Å². The minimum atomic E-state index is -0.431. The zero-order valence-electron chi connectivity index (χ0n) is 12.7. The third-order valence-electron chi connectivity index (χ3n) is 3.48. The van der Waals surface area contributed by atoms with Crippen LogP contribution in [0.3, 0.4) is 0 Å². The number of amides is 1. The fourth-order valence-electron chi connectivity index (χ4n) is 2.28. The summed E-state index contributed by atoms with van der Waals surface area (Å²) < 4.78 is 0. The normalized spacial score (nSPS) is 13.4. The first-order chi connectivity index (χ1) is 8.88. The van der Waals surface area contributed by atoms with Crippen LogP contribution in [0.4, 0.5) is 0 Å². The van der Waals surface area contributed by atoms with E-state index in [0.29, 0.717) is 5.92 Å². The maximum Gasteiger partial charge on any atom is 0.224 e. The van der Waals surface area contributed by atoms with Crippen molar-refractivity contribution in [2.45, 2.75) is 53.0 Å². The number of hydrogen-bond acceptors (Lipinski definition) is 2. The maximum absolute atomic E-state index is 12.4. The molecule has 0 aliphatic rings. The monoisotopic (exact) mass is 262 g/mol. The molecule has 0 unspecified atom stereocenters. The van der Waals surface area contributed by atoms with Crippen molar-refractivity contribution in [3.05, 3.63) is 30.1 Å². The summed E-state index contributed by atoms with van der Waals surface area (Å²) in [5.41, 5.74) is 0.460. The van der Waals surface area contributed by atoms with Crippen LogP contribution in [0.1, 0.15) is 53.2 Å². The summed E-state index contributed by atoms with van der Waals surface area (Å²) in [6, 6.07) is 5.78. The Hall–Kier alpha value is -1.38. The van der Waals surface area contributed by atoms with Gasteiger partial charge in [-0.25, -0.2) is 0 Å². The largest absolute Gasteiger partial charge is 0.345 e. The molecule has 0 aliphatic heterocycles. The van der Waals surface area contributed by atoms with E-state index in [2.05, 4.69) is 31.1 Å². The number of pyridine rings is 1. The minimum Gasteiger partial charge on any atom is -0.345 e. The van der Waals surface area contributed by atoms with Crippen LogP contribution < -0.4 is 5.32 Å². The molecule has 3 heteroatoms. The van der Waals surface area contributed by atoms with Crippen molar-refractivity contribution in [3.63, 3.8) is 0 Å². The molecular weight excluding hydrogens is 236 g/mol. The molecule has 0 spiro atoms. The van der Waals surface area contributed by atoms with E-state index in [1.807, 2.05) is 32.0 Å². The molecule has 0 saturated carbocycles. The van der Waals surface area contributed by atoms with E-state index < -0.39 is 5.54 Å². The lowest BCUT2D eigenvalue weighted by Gasteiger charge is -2.29. The van der Waals surface area contributed by atoms with Crippen LogP contribution in [0.2, 0.25) is 0 Å². The molecule has 1 atom stereocenters. The lowest BCUT2D eigenvalue weighted by molar-refractivity contribution is -0.128. The number of hydrogen-bond donors (Lipinski definition) is 1. The number of aromatic nitrogens is 1. The third-order valence-corrected chi connectivity index (χ3v) is 3.48. The van der Waals surface area contributed by atoms with Crippen LogP contribution in [0.25, 0.3) is 0 Å². The Morgan fingerprint density at radius 2 is 2.05 bits per heavy atom. The molecule has 0 bridgehead atoms. The number of carbonyl (C=O) groups excluding carboxylic acids is 1. The SMILES string of the molecule is CCC[C@@H](C(=O)NC(C)(C)c1ccccn1)C(C)C. The van der Waals surface area contributed by atoms with E-state index in [1.165, 1.54) is 0 Å². The minimum absolute atomic E-state index is 0.0768. The number of nitrogens with one attached hydrogen (secondary N) is 1. The predicted octanol–water partition coefficient (Wildman–Crippen LogP) is 3.51. The van der Waals surface area contributed by atoms with E-state index in [9.17, 15) is 4.79 Å². The Bertz CT molecular complexity index is 398. The molecule has 0 aromatic carbocycles. The van der Waals surface area contributed by atoms with Crippen LogP contribution in [-0.2, 0) is 10.3 Å². The summed E-state index contributed by atoms with van der Waals surface area (Å²) in [5.74, 6) is 0.569. The van der Waals surface area contributed by atoms with Gasteiger partial charge in [-0.05, 0) is 38.3 Å². The topological polar surface area (TPSA) is 42.0 Å². The fourth-order valence-corrected chi connectivity index (χ4v) is 2.28. The van der Waals surface area contributed by atoms with Gasteiger partial charge in [0.05, 0.1) is 11.2 Å². The zero-order valence-corrected chi connectivity index (χ0v) is 12.7. The summed E-state index contributed by atoms with van der Waals surface area (Å²) in [6.07, 6.45) is 3.72. The molecule has 1 rings (SSSR count). The maximum atomic E-state index is 12.4. The number of nitrogens with zero attached hydrogens (tertiary/aromatic N) is 1. The highest BCUT2D eigenvalue weighted by atomic mass is 16.2. The van der Waals surface area contributed by atoms with Crippen molar-refractivity contribution >= 4 is 5.91 Å².